The molecule has 1 amide bonds. The number of nitrogens with one attached hydrogen (secondary N) is 1. The van der Waals surface area contributed by atoms with Crippen LogP contribution >= 0.6 is 23.4 Å². The zero-order valence-electron chi connectivity index (χ0n) is 19.1. The summed E-state index contributed by atoms with van der Waals surface area (Å²) in [6.07, 6.45) is 0. The van der Waals surface area contributed by atoms with E-state index in [1.54, 1.807) is 50.6 Å². The maximum Gasteiger partial charge on any atom is 0.234 e. The summed E-state index contributed by atoms with van der Waals surface area (Å²) in [6, 6.07) is 21.8. The van der Waals surface area contributed by atoms with E-state index in [0.717, 1.165) is 11.4 Å². The molecule has 0 unspecified atom stereocenters. The Morgan fingerprint density at radius 2 is 1.66 bits per heavy atom. The molecule has 0 radical (unpaired) electrons. The fourth-order valence-electron chi connectivity index (χ4n) is 3.22. The van der Waals surface area contributed by atoms with Crippen molar-refractivity contribution in [3.63, 3.8) is 0 Å². The molecule has 0 aliphatic heterocycles. The van der Waals surface area contributed by atoms with Gasteiger partial charge < -0.3 is 19.5 Å². The van der Waals surface area contributed by atoms with Gasteiger partial charge in [-0.05, 0) is 60.7 Å². The number of rotatable bonds is 10. The predicted octanol–water partition coefficient (Wildman–Crippen LogP) is 5.25. The number of hydrogen-bond donors (Lipinski definition) is 1. The first-order valence-electron chi connectivity index (χ1n) is 10.6. The van der Waals surface area contributed by atoms with E-state index in [9.17, 15) is 4.79 Å². The van der Waals surface area contributed by atoms with Crippen LogP contribution in [0.1, 0.15) is 5.82 Å². The number of anilines is 1. The molecule has 0 fully saturated rings. The first-order chi connectivity index (χ1) is 17.1. The van der Waals surface area contributed by atoms with Crippen molar-refractivity contribution in [2.45, 2.75) is 11.8 Å². The third-order valence-corrected chi connectivity index (χ3v) is 6.11. The molecule has 0 aliphatic rings. The van der Waals surface area contributed by atoms with Crippen molar-refractivity contribution in [3.8, 4) is 22.9 Å². The molecular weight excluding hydrogens is 488 g/mol. The summed E-state index contributed by atoms with van der Waals surface area (Å²) in [6.45, 7) is 0.175. The van der Waals surface area contributed by atoms with Crippen LogP contribution in [0.2, 0.25) is 5.02 Å². The first kappa shape index (κ1) is 24.4. The van der Waals surface area contributed by atoms with Gasteiger partial charge in [-0.3, -0.25) is 9.36 Å². The van der Waals surface area contributed by atoms with Gasteiger partial charge in [-0.15, -0.1) is 10.2 Å². The number of hydrogen-bond acceptors (Lipinski definition) is 7. The van der Waals surface area contributed by atoms with E-state index in [4.69, 9.17) is 25.8 Å². The number of halogens is 1. The monoisotopic (exact) mass is 510 g/mol. The highest BCUT2D eigenvalue weighted by Gasteiger charge is 2.17. The zero-order valence-corrected chi connectivity index (χ0v) is 20.7. The number of nitrogens with zero attached hydrogens (tertiary/aromatic N) is 3. The summed E-state index contributed by atoms with van der Waals surface area (Å²) in [4.78, 5) is 12.6. The van der Waals surface area contributed by atoms with Crippen molar-refractivity contribution in [3.05, 3.63) is 83.6 Å². The van der Waals surface area contributed by atoms with Crippen molar-refractivity contribution in [2.75, 3.05) is 25.3 Å². The Morgan fingerprint density at radius 3 is 2.37 bits per heavy atom. The van der Waals surface area contributed by atoms with Gasteiger partial charge in [0.1, 0.15) is 23.9 Å². The lowest BCUT2D eigenvalue weighted by Crippen LogP contribution is -2.15. The molecule has 1 N–H and O–H groups in total. The smallest absolute Gasteiger partial charge is 0.234 e. The molecule has 1 aromatic heterocycles. The topological polar surface area (TPSA) is 87.5 Å². The number of thioether (sulfide) groups is 1. The Morgan fingerprint density at radius 1 is 0.943 bits per heavy atom. The van der Waals surface area contributed by atoms with Gasteiger partial charge in [-0.1, -0.05) is 35.5 Å². The molecule has 0 aliphatic carbocycles. The molecule has 8 nitrogen and oxygen atoms in total. The van der Waals surface area contributed by atoms with Crippen molar-refractivity contribution in [2.24, 2.45) is 0 Å². The second-order valence-corrected chi connectivity index (χ2v) is 8.59. The summed E-state index contributed by atoms with van der Waals surface area (Å²) in [5, 5.41) is 12.7. The van der Waals surface area contributed by atoms with Gasteiger partial charge in [0.25, 0.3) is 0 Å². The van der Waals surface area contributed by atoms with E-state index < -0.39 is 0 Å². The van der Waals surface area contributed by atoms with Crippen LogP contribution in [0, 0.1) is 0 Å². The molecule has 0 saturated carbocycles. The fraction of sp³-hybridized carbons (Fsp3) is 0.160. The van der Waals surface area contributed by atoms with Crippen molar-refractivity contribution >= 4 is 35.0 Å². The highest BCUT2D eigenvalue weighted by Crippen LogP contribution is 2.27. The van der Waals surface area contributed by atoms with E-state index in [-0.39, 0.29) is 18.3 Å². The third-order valence-electron chi connectivity index (χ3n) is 4.93. The number of methoxy groups -OCH3 is 2. The van der Waals surface area contributed by atoms with Crippen LogP contribution in [0.4, 0.5) is 5.69 Å². The molecule has 1 heterocycles. The normalized spacial score (nSPS) is 10.6. The number of carbonyl (C=O) groups excluding carboxylic acids is 1. The van der Waals surface area contributed by atoms with Crippen LogP contribution in [0.5, 0.6) is 17.2 Å². The Bertz CT molecular complexity index is 1280. The molecule has 4 rings (SSSR count). The quantitative estimate of drug-likeness (QED) is 0.291. The zero-order chi connectivity index (χ0) is 24.6. The molecule has 0 bridgehead atoms. The van der Waals surface area contributed by atoms with Crippen molar-refractivity contribution < 1.29 is 19.0 Å². The molecule has 35 heavy (non-hydrogen) atoms. The summed E-state index contributed by atoms with van der Waals surface area (Å²) in [7, 11) is 3.17. The molecular formula is C25H23ClN4O4S. The van der Waals surface area contributed by atoms with Crippen LogP contribution in [0.15, 0.2) is 78.0 Å². The minimum atomic E-state index is -0.192. The maximum atomic E-state index is 12.6. The molecule has 0 saturated heterocycles. The van der Waals surface area contributed by atoms with Crippen LogP contribution in [0.25, 0.3) is 5.69 Å². The Balaban J connectivity index is 1.52. The van der Waals surface area contributed by atoms with E-state index in [2.05, 4.69) is 15.5 Å². The summed E-state index contributed by atoms with van der Waals surface area (Å²) in [5.74, 6) is 2.49. The number of aromatic nitrogens is 3. The van der Waals surface area contributed by atoms with Crippen molar-refractivity contribution in [1.29, 1.82) is 0 Å². The number of ether oxygens (including phenoxy) is 3. The van der Waals surface area contributed by atoms with Gasteiger partial charge in [0.2, 0.25) is 5.91 Å². The number of para-hydroxylation sites is 2. The largest absolute Gasteiger partial charge is 0.497 e. The minimum absolute atomic E-state index is 0.129. The van der Waals surface area contributed by atoms with E-state index in [1.165, 1.54) is 11.8 Å². The lowest BCUT2D eigenvalue weighted by atomic mass is 10.3. The maximum absolute atomic E-state index is 12.6. The molecule has 4 aromatic rings. The summed E-state index contributed by atoms with van der Waals surface area (Å²) >= 11 is 7.23. The van der Waals surface area contributed by atoms with Gasteiger partial charge in [0, 0.05) is 10.7 Å². The lowest BCUT2D eigenvalue weighted by Gasteiger charge is -2.12. The van der Waals surface area contributed by atoms with E-state index in [1.807, 2.05) is 41.0 Å². The molecule has 0 spiro atoms. The van der Waals surface area contributed by atoms with Gasteiger partial charge >= 0.3 is 0 Å². The first-order valence-corrected chi connectivity index (χ1v) is 12.0. The number of benzene rings is 3. The van der Waals surface area contributed by atoms with Gasteiger partial charge in [-0.2, -0.15) is 0 Å². The van der Waals surface area contributed by atoms with E-state index in [0.29, 0.717) is 33.2 Å². The standard InChI is InChI=1S/C25H23ClN4O4S/c1-32-19-13-9-18(10-14-19)30-23(15-34-20-11-7-17(26)8-12-20)28-29-25(30)35-16-24(31)27-21-5-3-4-6-22(21)33-2/h3-14H,15-16H2,1-2H3,(H,27,31). The minimum Gasteiger partial charge on any atom is -0.497 e. The number of carbonyl (C=O) groups is 1. The van der Waals surface area contributed by atoms with Gasteiger partial charge in [0.15, 0.2) is 11.0 Å². The predicted molar refractivity (Wildman–Crippen MR) is 136 cm³/mol. The Labute approximate surface area is 212 Å². The SMILES string of the molecule is COc1ccc(-n2c(COc3ccc(Cl)cc3)nnc2SCC(=O)Nc2ccccc2OC)cc1. The highest BCUT2D eigenvalue weighted by atomic mass is 35.5. The second kappa shape index (κ2) is 11.6. The Hall–Kier alpha value is -3.69. The highest BCUT2D eigenvalue weighted by molar-refractivity contribution is 7.99. The lowest BCUT2D eigenvalue weighted by molar-refractivity contribution is -0.113. The molecule has 10 heteroatoms. The molecule has 3 aromatic carbocycles. The van der Waals surface area contributed by atoms with E-state index >= 15 is 0 Å². The number of amides is 1. The second-order valence-electron chi connectivity index (χ2n) is 7.21. The average molecular weight is 511 g/mol. The average Bonchev–Trinajstić information content (AvgIpc) is 3.30. The Kier molecular flexibility index (Phi) is 8.12. The van der Waals surface area contributed by atoms with Crippen molar-refractivity contribution in [1.82, 2.24) is 14.8 Å². The fourth-order valence-corrected chi connectivity index (χ4v) is 4.12. The molecule has 180 valence electrons. The van der Waals surface area contributed by atoms with Gasteiger partial charge in [0.05, 0.1) is 25.7 Å². The third kappa shape index (κ3) is 6.26. The summed E-state index contributed by atoms with van der Waals surface area (Å²) < 4.78 is 18.3. The molecule has 0 atom stereocenters. The van der Waals surface area contributed by atoms with Crippen LogP contribution in [0.3, 0.4) is 0 Å². The van der Waals surface area contributed by atoms with Crippen LogP contribution in [-0.4, -0.2) is 40.6 Å². The van der Waals surface area contributed by atoms with Crippen LogP contribution < -0.4 is 19.5 Å². The van der Waals surface area contributed by atoms with Crippen LogP contribution in [-0.2, 0) is 11.4 Å². The summed E-state index contributed by atoms with van der Waals surface area (Å²) in [5.41, 5.74) is 1.42. The van der Waals surface area contributed by atoms with Gasteiger partial charge in [-0.25, -0.2) is 0 Å².